The maximum atomic E-state index is 13.2. The van der Waals surface area contributed by atoms with Crippen molar-refractivity contribution in [2.75, 3.05) is 19.6 Å². The van der Waals surface area contributed by atoms with Gasteiger partial charge in [-0.05, 0) is 50.4 Å². The minimum absolute atomic E-state index is 0.0308. The lowest BCUT2D eigenvalue weighted by atomic mass is 10.0. The van der Waals surface area contributed by atoms with E-state index in [0.717, 1.165) is 19.4 Å². The first-order chi connectivity index (χ1) is 13.1. The van der Waals surface area contributed by atoms with Gasteiger partial charge >= 0.3 is 6.18 Å². The van der Waals surface area contributed by atoms with Crippen molar-refractivity contribution in [1.29, 1.82) is 0 Å². The first-order valence-electron chi connectivity index (χ1n) is 8.99. The fourth-order valence-corrected chi connectivity index (χ4v) is 5.09. The summed E-state index contributed by atoms with van der Waals surface area (Å²) < 4.78 is 79.8. The van der Waals surface area contributed by atoms with E-state index in [1.165, 1.54) is 0 Å². The van der Waals surface area contributed by atoms with E-state index in [1.807, 2.05) is 0 Å². The lowest BCUT2D eigenvalue weighted by Crippen LogP contribution is -2.50. The summed E-state index contributed by atoms with van der Waals surface area (Å²) in [6.45, 7) is 1.42. The van der Waals surface area contributed by atoms with E-state index in [4.69, 9.17) is 0 Å². The fourth-order valence-electron chi connectivity index (χ4n) is 3.57. The van der Waals surface area contributed by atoms with Gasteiger partial charge in [-0.3, -0.25) is 4.79 Å². The van der Waals surface area contributed by atoms with E-state index < -0.39 is 38.5 Å². The highest BCUT2D eigenvalue weighted by molar-refractivity contribution is 7.89. The molecule has 1 aromatic carbocycles. The molecule has 0 aliphatic carbocycles. The smallest absolute Gasteiger partial charge is 0.341 e. The van der Waals surface area contributed by atoms with Crippen LogP contribution < -0.4 is 10.0 Å². The number of benzene rings is 1. The third kappa shape index (κ3) is 4.64. The molecular formula is C17H21F4N3O3S. The zero-order chi connectivity index (χ0) is 20.5. The number of carbonyl (C=O) groups is 1. The van der Waals surface area contributed by atoms with Crippen molar-refractivity contribution >= 4 is 15.9 Å². The first kappa shape index (κ1) is 21.0. The topological polar surface area (TPSA) is 78.5 Å². The number of amides is 1. The Hall–Kier alpha value is -1.72. The predicted molar refractivity (Wildman–Crippen MR) is 92.4 cm³/mol. The molecule has 156 valence electrons. The molecular weight excluding hydrogens is 402 g/mol. The maximum Gasteiger partial charge on any atom is 0.417 e. The third-order valence-electron chi connectivity index (χ3n) is 5.02. The van der Waals surface area contributed by atoms with Crippen LogP contribution in [0.2, 0.25) is 0 Å². The van der Waals surface area contributed by atoms with E-state index in [0.29, 0.717) is 38.1 Å². The van der Waals surface area contributed by atoms with Gasteiger partial charge in [-0.15, -0.1) is 0 Å². The van der Waals surface area contributed by atoms with Crippen LogP contribution in [0, 0.1) is 5.82 Å². The van der Waals surface area contributed by atoms with Crippen LogP contribution in [-0.2, 0) is 21.0 Å². The molecule has 0 unspecified atom stereocenters. The molecule has 0 bridgehead atoms. The summed E-state index contributed by atoms with van der Waals surface area (Å²) in [7, 11) is -4.50. The van der Waals surface area contributed by atoms with Gasteiger partial charge < -0.3 is 10.2 Å². The number of halogens is 4. The molecule has 0 saturated carbocycles. The molecule has 11 heteroatoms. The van der Waals surface area contributed by atoms with Gasteiger partial charge in [0.1, 0.15) is 5.82 Å². The van der Waals surface area contributed by atoms with Gasteiger partial charge in [-0.25, -0.2) is 17.5 Å². The summed E-state index contributed by atoms with van der Waals surface area (Å²) in [4.78, 5) is 13.0. The van der Waals surface area contributed by atoms with Crippen molar-refractivity contribution in [3.8, 4) is 0 Å². The van der Waals surface area contributed by atoms with Crippen LogP contribution >= 0.6 is 0 Å². The quantitative estimate of drug-likeness (QED) is 0.725. The number of rotatable bonds is 4. The van der Waals surface area contributed by atoms with Crippen LogP contribution in [0.25, 0.3) is 0 Å². The molecule has 0 aromatic heterocycles. The van der Waals surface area contributed by atoms with E-state index >= 15 is 0 Å². The van der Waals surface area contributed by atoms with E-state index in [9.17, 15) is 30.8 Å². The normalized spacial score (nSPS) is 21.9. The zero-order valence-electron chi connectivity index (χ0n) is 14.9. The Balaban J connectivity index is 1.67. The first-order valence-corrected chi connectivity index (χ1v) is 10.5. The molecule has 2 aliphatic rings. The summed E-state index contributed by atoms with van der Waals surface area (Å²) in [6.07, 6.45) is -2.74. The second-order valence-corrected chi connectivity index (χ2v) is 8.69. The number of nitrogens with one attached hydrogen (secondary N) is 2. The second kappa shape index (κ2) is 7.96. The Morgan fingerprint density at radius 2 is 1.86 bits per heavy atom. The molecule has 2 fully saturated rings. The molecule has 2 heterocycles. The molecule has 2 N–H and O–H groups in total. The third-order valence-corrected chi connectivity index (χ3v) is 6.60. The largest absolute Gasteiger partial charge is 0.417 e. The van der Waals surface area contributed by atoms with Crippen molar-refractivity contribution in [2.45, 2.75) is 48.8 Å². The molecule has 3 rings (SSSR count). The van der Waals surface area contributed by atoms with E-state index in [2.05, 4.69) is 10.0 Å². The SMILES string of the molecule is O=C([C@@H]1CCCN1)N1CCC(NS(=O)(=O)c2ccc(F)cc2C(F)(F)F)CC1. The zero-order valence-corrected chi connectivity index (χ0v) is 15.7. The highest BCUT2D eigenvalue weighted by atomic mass is 32.2. The number of piperidine rings is 1. The molecule has 6 nitrogen and oxygen atoms in total. The Labute approximate surface area is 160 Å². The van der Waals surface area contributed by atoms with Crippen LogP contribution in [0.3, 0.4) is 0 Å². The number of carbonyl (C=O) groups excluding carboxylic acids is 1. The van der Waals surface area contributed by atoms with Crippen LogP contribution in [0.1, 0.15) is 31.2 Å². The molecule has 2 saturated heterocycles. The average Bonchev–Trinajstić information content (AvgIpc) is 3.15. The Kier molecular flexibility index (Phi) is 5.97. The molecule has 2 aliphatic heterocycles. The fraction of sp³-hybridized carbons (Fsp3) is 0.588. The van der Waals surface area contributed by atoms with Crippen LogP contribution in [0.5, 0.6) is 0 Å². The Bertz CT molecular complexity index is 831. The summed E-state index contributed by atoms with van der Waals surface area (Å²) in [5.41, 5.74) is -1.54. The number of sulfonamides is 1. The van der Waals surface area contributed by atoms with Crippen molar-refractivity contribution in [2.24, 2.45) is 0 Å². The standard InChI is InChI=1S/C17H21F4N3O3S/c18-11-3-4-15(13(10-11)17(19,20)21)28(26,27)23-12-5-8-24(9-6-12)16(25)14-2-1-7-22-14/h3-4,10,12,14,22-23H,1-2,5-9H2/t14-/m0/s1. The number of alkyl halides is 3. The molecule has 1 atom stereocenters. The number of hydrogen-bond acceptors (Lipinski definition) is 4. The van der Waals surface area contributed by atoms with Crippen LogP contribution in [-0.4, -0.2) is 50.9 Å². The number of likely N-dealkylation sites (tertiary alicyclic amines) is 1. The van der Waals surface area contributed by atoms with Crippen molar-refractivity contribution in [3.63, 3.8) is 0 Å². The van der Waals surface area contributed by atoms with Gasteiger partial charge in [0.05, 0.1) is 16.5 Å². The van der Waals surface area contributed by atoms with Gasteiger partial charge in [-0.1, -0.05) is 0 Å². The lowest BCUT2D eigenvalue weighted by Gasteiger charge is -2.33. The Morgan fingerprint density at radius 1 is 1.18 bits per heavy atom. The van der Waals surface area contributed by atoms with Crippen LogP contribution in [0.4, 0.5) is 17.6 Å². The van der Waals surface area contributed by atoms with Crippen molar-refractivity contribution < 1.29 is 30.8 Å². The van der Waals surface area contributed by atoms with E-state index in [1.54, 1.807) is 4.90 Å². The van der Waals surface area contributed by atoms with Gasteiger partial charge in [0.2, 0.25) is 15.9 Å². The van der Waals surface area contributed by atoms with Crippen molar-refractivity contribution in [3.05, 3.63) is 29.6 Å². The molecule has 0 radical (unpaired) electrons. The van der Waals surface area contributed by atoms with Gasteiger partial charge in [0.25, 0.3) is 0 Å². The number of nitrogens with zero attached hydrogens (tertiary/aromatic N) is 1. The molecule has 1 amide bonds. The molecule has 0 spiro atoms. The lowest BCUT2D eigenvalue weighted by molar-refractivity contribution is -0.140. The maximum absolute atomic E-state index is 13.2. The van der Waals surface area contributed by atoms with Gasteiger partial charge in [-0.2, -0.15) is 13.2 Å². The minimum Gasteiger partial charge on any atom is -0.341 e. The Morgan fingerprint density at radius 3 is 2.43 bits per heavy atom. The summed E-state index contributed by atoms with van der Waals surface area (Å²) in [5.74, 6) is -1.20. The highest BCUT2D eigenvalue weighted by Crippen LogP contribution is 2.34. The summed E-state index contributed by atoms with van der Waals surface area (Å²) in [5, 5.41) is 3.11. The highest BCUT2D eigenvalue weighted by Gasteiger charge is 2.39. The van der Waals surface area contributed by atoms with Crippen LogP contribution in [0.15, 0.2) is 23.1 Å². The summed E-state index contributed by atoms with van der Waals surface area (Å²) in [6, 6.07) is 0.646. The number of hydrogen-bond donors (Lipinski definition) is 2. The predicted octanol–water partition coefficient (Wildman–Crippen LogP) is 1.87. The molecule has 1 aromatic rings. The molecule has 28 heavy (non-hydrogen) atoms. The summed E-state index contributed by atoms with van der Waals surface area (Å²) >= 11 is 0. The van der Waals surface area contributed by atoms with E-state index in [-0.39, 0.29) is 18.0 Å². The minimum atomic E-state index is -5.00. The monoisotopic (exact) mass is 423 g/mol. The van der Waals surface area contributed by atoms with Gasteiger partial charge in [0.15, 0.2) is 0 Å². The van der Waals surface area contributed by atoms with Gasteiger partial charge in [0, 0.05) is 19.1 Å². The average molecular weight is 423 g/mol. The van der Waals surface area contributed by atoms with Crippen molar-refractivity contribution in [1.82, 2.24) is 14.9 Å². The second-order valence-electron chi connectivity index (χ2n) is 7.01.